The summed E-state index contributed by atoms with van der Waals surface area (Å²) in [6.07, 6.45) is -0.724. The Morgan fingerprint density at radius 1 is 1.28 bits per heavy atom. The van der Waals surface area contributed by atoms with E-state index in [0.717, 1.165) is 16.5 Å². The van der Waals surface area contributed by atoms with E-state index in [0.29, 0.717) is 22.8 Å². The molecular weight excluding hydrogens is 394 g/mol. The van der Waals surface area contributed by atoms with Gasteiger partial charge in [0.2, 0.25) is 5.91 Å². The Balaban J connectivity index is 1.59. The lowest BCUT2D eigenvalue weighted by atomic mass is 9.96. The van der Waals surface area contributed by atoms with E-state index in [4.69, 9.17) is 11.6 Å². The van der Waals surface area contributed by atoms with Crippen LogP contribution in [0.5, 0.6) is 0 Å². The maximum Gasteiger partial charge on any atom is 0.268 e. The normalized spacial score (nSPS) is 17.3. The van der Waals surface area contributed by atoms with Crippen LogP contribution in [0.2, 0.25) is 5.02 Å². The number of rotatable bonds is 5. The summed E-state index contributed by atoms with van der Waals surface area (Å²) in [5.41, 5.74) is 2.66. The fraction of sp³-hybridized carbons (Fsp3) is 0.238. The summed E-state index contributed by atoms with van der Waals surface area (Å²) in [6.45, 7) is -0.510. The number of aliphatic hydroxyl groups is 2. The first-order valence-electron chi connectivity index (χ1n) is 9.23. The van der Waals surface area contributed by atoms with E-state index < -0.39 is 24.7 Å². The molecule has 0 radical (unpaired) electrons. The highest BCUT2D eigenvalue weighted by Gasteiger charge is 2.34. The van der Waals surface area contributed by atoms with Gasteiger partial charge in [0.25, 0.3) is 5.91 Å². The fourth-order valence-electron chi connectivity index (χ4n) is 3.59. The van der Waals surface area contributed by atoms with Crippen molar-refractivity contribution in [3.63, 3.8) is 0 Å². The molecule has 2 unspecified atom stereocenters. The predicted molar refractivity (Wildman–Crippen MR) is 110 cm³/mol. The number of β-amino-alcohol motifs (C(OH)–C–C–N with tert-alkyl or cyclic N) is 1. The minimum atomic E-state index is -1.07. The Morgan fingerprint density at radius 2 is 2.07 bits per heavy atom. The molecule has 8 heteroatoms. The van der Waals surface area contributed by atoms with E-state index in [9.17, 15) is 19.8 Å². The van der Waals surface area contributed by atoms with E-state index in [1.54, 1.807) is 36.4 Å². The van der Waals surface area contributed by atoms with Crippen LogP contribution in [0.25, 0.3) is 10.9 Å². The van der Waals surface area contributed by atoms with E-state index in [1.807, 2.05) is 12.1 Å². The number of hydrogen-bond acceptors (Lipinski definition) is 4. The molecule has 2 amide bonds. The molecule has 0 aliphatic carbocycles. The van der Waals surface area contributed by atoms with Crippen molar-refractivity contribution in [2.45, 2.75) is 18.6 Å². The number of amides is 2. The maximum atomic E-state index is 13.0. The number of hydrogen-bond donors (Lipinski definition) is 4. The standard InChI is InChI=1S/C21H20ClN3O4/c22-14-5-6-16-13(7-14)9-17(23-16)20(28)24-18-8-12-3-1-2-4-19(12)25(21(18)29)10-15(27)11-26/h1-7,9,15,18,23,26-27H,8,10-11H2,(H,24,28). The number of halogens is 1. The number of nitrogens with zero attached hydrogens (tertiary/aromatic N) is 1. The third kappa shape index (κ3) is 3.85. The zero-order valence-electron chi connectivity index (χ0n) is 15.4. The van der Waals surface area contributed by atoms with Gasteiger partial charge in [-0.05, 0) is 35.9 Å². The Bertz CT molecular complexity index is 1080. The summed E-state index contributed by atoms with van der Waals surface area (Å²) >= 11 is 6.00. The monoisotopic (exact) mass is 413 g/mol. The first kappa shape index (κ1) is 19.4. The first-order chi connectivity index (χ1) is 14.0. The van der Waals surface area contributed by atoms with Crippen LogP contribution >= 0.6 is 11.6 Å². The Morgan fingerprint density at radius 3 is 2.86 bits per heavy atom. The van der Waals surface area contributed by atoms with Crippen molar-refractivity contribution in [2.75, 3.05) is 18.1 Å². The van der Waals surface area contributed by atoms with Gasteiger partial charge in [0.15, 0.2) is 0 Å². The van der Waals surface area contributed by atoms with Crippen molar-refractivity contribution in [3.8, 4) is 0 Å². The van der Waals surface area contributed by atoms with E-state index in [-0.39, 0.29) is 12.5 Å². The number of H-pyrrole nitrogens is 1. The molecule has 29 heavy (non-hydrogen) atoms. The number of para-hydroxylation sites is 1. The third-order valence-electron chi connectivity index (χ3n) is 5.01. The molecule has 1 aromatic heterocycles. The molecule has 0 saturated carbocycles. The second-order valence-corrected chi connectivity index (χ2v) is 7.50. The largest absolute Gasteiger partial charge is 0.394 e. The Hall–Kier alpha value is -2.87. The van der Waals surface area contributed by atoms with Gasteiger partial charge >= 0.3 is 0 Å². The van der Waals surface area contributed by atoms with E-state index in [1.165, 1.54) is 4.90 Å². The van der Waals surface area contributed by atoms with Crippen LogP contribution in [0.15, 0.2) is 48.5 Å². The maximum absolute atomic E-state index is 13.0. The van der Waals surface area contributed by atoms with E-state index >= 15 is 0 Å². The summed E-state index contributed by atoms with van der Waals surface area (Å²) in [5.74, 6) is -0.735. The summed E-state index contributed by atoms with van der Waals surface area (Å²) in [6, 6.07) is 13.5. The Labute approximate surface area is 171 Å². The second-order valence-electron chi connectivity index (χ2n) is 7.06. The highest BCUT2D eigenvalue weighted by molar-refractivity contribution is 6.31. The van der Waals surface area contributed by atoms with Crippen LogP contribution in [-0.4, -0.2) is 52.3 Å². The summed E-state index contributed by atoms with van der Waals surface area (Å²) in [5, 5.41) is 23.2. The number of aromatic nitrogens is 1. The van der Waals surface area contributed by atoms with Gasteiger partial charge in [0, 0.05) is 28.0 Å². The molecule has 0 bridgehead atoms. The Kier molecular flexibility index (Phi) is 5.27. The number of aliphatic hydroxyl groups excluding tert-OH is 2. The zero-order chi connectivity index (χ0) is 20.5. The minimum Gasteiger partial charge on any atom is -0.394 e. The van der Waals surface area contributed by atoms with Crippen molar-refractivity contribution in [1.29, 1.82) is 0 Å². The van der Waals surface area contributed by atoms with Gasteiger partial charge in [-0.2, -0.15) is 0 Å². The zero-order valence-corrected chi connectivity index (χ0v) is 16.2. The average molecular weight is 414 g/mol. The summed E-state index contributed by atoms with van der Waals surface area (Å²) in [7, 11) is 0. The van der Waals surface area contributed by atoms with E-state index in [2.05, 4.69) is 10.3 Å². The smallest absolute Gasteiger partial charge is 0.268 e. The van der Waals surface area contributed by atoms with Crippen LogP contribution in [-0.2, 0) is 11.2 Å². The van der Waals surface area contributed by atoms with Gasteiger partial charge in [-0.1, -0.05) is 29.8 Å². The number of carbonyl (C=O) groups is 2. The number of carbonyl (C=O) groups excluding carboxylic acids is 2. The lowest BCUT2D eigenvalue weighted by Crippen LogP contribution is -2.54. The molecule has 150 valence electrons. The molecule has 1 aliphatic rings. The van der Waals surface area contributed by atoms with Crippen molar-refractivity contribution >= 4 is 40.0 Å². The quantitative estimate of drug-likeness (QED) is 0.512. The highest BCUT2D eigenvalue weighted by atomic mass is 35.5. The minimum absolute atomic E-state index is 0.0520. The molecule has 7 nitrogen and oxygen atoms in total. The van der Waals surface area contributed by atoms with Crippen LogP contribution in [0.1, 0.15) is 16.1 Å². The molecule has 4 N–H and O–H groups in total. The topological polar surface area (TPSA) is 106 Å². The van der Waals surface area contributed by atoms with Gasteiger partial charge < -0.3 is 25.4 Å². The van der Waals surface area contributed by atoms with Crippen LogP contribution in [0.3, 0.4) is 0 Å². The number of nitrogens with one attached hydrogen (secondary N) is 2. The lowest BCUT2D eigenvalue weighted by molar-refractivity contribution is -0.121. The van der Waals surface area contributed by atoms with Gasteiger partial charge in [-0.25, -0.2) is 0 Å². The molecule has 3 aromatic rings. The first-order valence-corrected chi connectivity index (χ1v) is 9.61. The average Bonchev–Trinajstić information content (AvgIpc) is 3.14. The van der Waals surface area contributed by atoms with Gasteiger partial charge in [0.05, 0.1) is 19.3 Å². The molecule has 4 rings (SSSR count). The van der Waals surface area contributed by atoms with Gasteiger partial charge in [-0.3, -0.25) is 9.59 Å². The number of fused-ring (bicyclic) bond motifs is 2. The molecule has 2 atom stereocenters. The summed E-state index contributed by atoms with van der Waals surface area (Å²) in [4.78, 5) is 30.2. The molecule has 0 spiro atoms. The molecule has 0 fully saturated rings. The summed E-state index contributed by atoms with van der Waals surface area (Å²) < 4.78 is 0. The number of benzene rings is 2. The molecular formula is C21H20ClN3O4. The second kappa shape index (κ2) is 7.87. The fourth-order valence-corrected chi connectivity index (χ4v) is 3.77. The van der Waals surface area contributed by atoms with Crippen molar-refractivity contribution < 1.29 is 19.8 Å². The van der Waals surface area contributed by atoms with Gasteiger partial charge in [-0.15, -0.1) is 0 Å². The number of anilines is 1. The molecule has 1 aliphatic heterocycles. The SMILES string of the molecule is O=C(NC1Cc2ccccc2N(CC(O)CO)C1=O)c1cc2cc(Cl)ccc2[nH]1. The number of aromatic amines is 1. The predicted octanol–water partition coefficient (Wildman–Crippen LogP) is 1.86. The van der Waals surface area contributed by atoms with Crippen LogP contribution in [0.4, 0.5) is 5.69 Å². The van der Waals surface area contributed by atoms with Crippen molar-refractivity contribution in [3.05, 3.63) is 64.8 Å². The van der Waals surface area contributed by atoms with Crippen LogP contribution in [0, 0.1) is 0 Å². The van der Waals surface area contributed by atoms with Crippen molar-refractivity contribution in [1.82, 2.24) is 10.3 Å². The molecule has 2 aromatic carbocycles. The highest BCUT2D eigenvalue weighted by Crippen LogP contribution is 2.28. The third-order valence-corrected chi connectivity index (χ3v) is 5.24. The molecule has 0 saturated heterocycles. The van der Waals surface area contributed by atoms with Crippen molar-refractivity contribution in [2.24, 2.45) is 0 Å². The molecule has 2 heterocycles. The lowest BCUT2D eigenvalue weighted by Gasteiger charge is -2.35. The van der Waals surface area contributed by atoms with Crippen LogP contribution < -0.4 is 10.2 Å². The van der Waals surface area contributed by atoms with Gasteiger partial charge in [0.1, 0.15) is 11.7 Å².